The van der Waals surface area contributed by atoms with Crippen LogP contribution in [0.25, 0.3) is 0 Å². The van der Waals surface area contributed by atoms with Gasteiger partial charge >= 0.3 is 0 Å². The van der Waals surface area contributed by atoms with Gasteiger partial charge in [-0.3, -0.25) is 14.4 Å². The van der Waals surface area contributed by atoms with Crippen molar-refractivity contribution in [1.29, 1.82) is 0 Å². The van der Waals surface area contributed by atoms with Gasteiger partial charge < -0.3 is 5.32 Å². The average Bonchev–Trinajstić information content (AvgIpc) is 2.84. The average molecular weight is 274 g/mol. The number of likely N-dealkylation sites (N-methyl/N-ethyl adjacent to an activating group) is 1. The normalized spacial score (nSPS) is 12.4. The lowest BCUT2D eigenvalue weighted by molar-refractivity contribution is -0.117. The second kappa shape index (κ2) is 6.25. The molecule has 1 N–H and O–H groups in total. The Balaban J connectivity index is 1.90. The topological polar surface area (TPSA) is 75.9 Å². The Morgan fingerprint density at radius 2 is 2.30 bits per heavy atom. The molecule has 1 atom stereocenters. The van der Waals surface area contributed by atoms with E-state index in [1.807, 2.05) is 24.9 Å². The molecule has 0 aliphatic carbocycles. The molecule has 0 saturated heterocycles. The van der Waals surface area contributed by atoms with E-state index < -0.39 is 0 Å². The van der Waals surface area contributed by atoms with Gasteiger partial charge in [0.15, 0.2) is 5.82 Å². The zero-order chi connectivity index (χ0) is 14.5. The zero-order valence-corrected chi connectivity index (χ0v) is 11.8. The number of nitrogens with one attached hydrogen (secondary N) is 1. The van der Waals surface area contributed by atoms with Gasteiger partial charge in [0.25, 0.3) is 0 Å². The second-order valence-corrected chi connectivity index (χ2v) is 4.65. The molecule has 106 valence electrons. The van der Waals surface area contributed by atoms with Crippen LogP contribution in [0, 0.1) is 0 Å². The van der Waals surface area contributed by atoms with Crippen molar-refractivity contribution < 1.29 is 4.79 Å². The zero-order valence-electron chi connectivity index (χ0n) is 11.8. The summed E-state index contributed by atoms with van der Waals surface area (Å²) in [4.78, 5) is 21.9. The molecule has 0 unspecified atom stereocenters. The van der Waals surface area contributed by atoms with E-state index in [1.165, 1.54) is 6.33 Å². The molecular formula is C13H18N6O. The fraction of sp³-hybridized carbons (Fsp3) is 0.385. The van der Waals surface area contributed by atoms with Gasteiger partial charge in [-0.15, -0.1) is 0 Å². The number of aryl methyl sites for hydroxylation is 1. The summed E-state index contributed by atoms with van der Waals surface area (Å²) in [5, 5.41) is 6.86. The first-order valence-corrected chi connectivity index (χ1v) is 6.32. The number of anilines is 1. The maximum absolute atomic E-state index is 11.9. The highest BCUT2D eigenvalue weighted by Crippen LogP contribution is 2.14. The molecular weight excluding hydrogens is 256 g/mol. The highest BCUT2D eigenvalue weighted by atomic mass is 16.2. The smallest absolute Gasteiger partial charge is 0.239 e. The minimum absolute atomic E-state index is 0.0347. The van der Waals surface area contributed by atoms with E-state index >= 15 is 0 Å². The number of nitrogens with zero attached hydrogens (tertiary/aromatic N) is 5. The van der Waals surface area contributed by atoms with Crippen LogP contribution in [0.3, 0.4) is 0 Å². The van der Waals surface area contributed by atoms with Crippen molar-refractivity contribution in [3.63, 3.8) is 0 Å². The van der Waals surface area contributed by atoms with Crippen LogP contribution in [-0.4, -0.2) is 44.1 Å². The SMILES string of the molecule is C[C@H](c1ccncn1)N(C)CC(=O)Nc1ccn(C)n1. The third-order valence-electron chi connectivity index (χ3n) is 3.07. The summed E-state index contributed by atoms with van der Waals surface area (Å²) in [6, 6.07) is 3.64. The molecule has 0 bridgehead atoms. The Labute approximate surface area is 117 Å². The Bertz CT molecular complexity index is 567. The minimum Gasteiger partial charge on any atom is -0.308 e. The van der Waals surface area contributed by atoms with Crippen LogP contribution in [0.4, 0.5) is 5.82 Å². The number of amides is 1. The minimum atomic E-state index is -0.105. The van der Waals surface area contributed by atoms with Crippen molar-refractivity contribution in [2.24, 2.45) is 7.05 Å². The van der Waals surface area contributed by atoms with Crippen molar-refractivity contribution in [2.45, 2.75) is 13.0 Å². The Morgan fingerprint density at radius 1 is 1.50 bits per heavy atom. The van der Waals surface area contributed by atoms with Crippen molar-refractivity contribution in [3.05, 3.63) is 36.5 Å². The maximum Gasteiger partial charge on any atom is 0.239 e. The lowest BCUT2D eigenvalue weighted by atomic mass is 10.2. The highest BCUT2D eigenvalue weighted by molar-refractivity contribution is 5.91. The Kier molecular flexibility index (Phi) is 4.41. The van der Waals surface area contributed by atoms with Crippen LogP contribution in [0.1, 0.15) is 18.7 Å². The number of carbonyl (C=O) groups is 1. The molecule has 2 aromatic rings. The van der Waals surface area contributed by atoms with Gasteiger partial charge in [-0.1, -0.05) is 0 Å². The van der Waals surface area contributed by atoms with E-state index in [0.29, 0.717) is 5.82 Å². The van der Waals surface area contributed by atoms with Crippen LogP contribution < -0.4 is 5.32 Å². The van der Waals surface area contributed by atoms with Crippen LogP contribution in [-0.2, 0) is 11.8 Å². The van der Waals surface area contributed by atoms with Crippen molar-refractivity contribution in [1.82, 2.24) is 24.6 Å². The van der Waals surface area contributed by atoms with E-state index in [-0.39, 0.29) is 18.5 Å². The third kappa shape index (κ3) is 3.61. The number of hydrogen-bond donors (Lipinski definition) is 1. The third-order valence-corrected chi connectivity index (χ3v) is 3.07. The van der Waals surface area contributed by atoms with Crippen LogP contribution >= 0.6 is 0 Å². The molecule has 2 heterocycles. The first kappa shape index (κ1) is 14.1. The lowest BCUT2D eigenvalue weighted by Gasteiger charge is -2.23. The molecule has 7 nitrogen and oxygen atoms in total. The molecule has 0 fully saturated rings. The van der Waals surface area contributed by atoms with E-state index in [1.54, 1.807) is 30.2 Å². The molecule has 2 aromatic heterocycles. The molecule has 0 aliphatic heterocycles. The summed E-state index contributed by atoms with van der Waals surface area (Å²) in [5.74, 6) is 0.452. The van der Waals surface area contributed by atoms with E-state index in [9.17, 15) is 4.79 Å². The van der Waals surface area contributed by atoms with Crippen molar-refractivity contribution >= 4 is 11.7 Å². The first-order valence-electron chi connectivity index (χ1n) is 6.32. The Morgan fingerprint density at radius 3 is 2.90 bits per heavy atom. The second-order valence-electron chi connectivity index (χ2n) is 4.65. The summed E-state index contributed by atoms with van der Waals surface area (Å²) in [6.07, 6.45) is 4.98. The fourth-order valence-electron chi connectivity index (χ4n) is 1.80. The first-order chi connectivity index (χ1) is 9.56. The van der Waals surface area contributed by atoms with Crippen LogP contribution in [0.2, 0.25) is 0 Å². The summed E-state index contributed by atoms with van der Waals surface area (Å²) >= 11 is 0. The van der Waals surface area contributed by atoms with Gasteiger partial charge in [-0.25, -0.2) is 9.97 Å². The van der Waals surface area contributed by atoms with Gasteiger partial charge in [-0.05, 0) is 20.0 Å². The standard InChI is InChI=1S/C13H18N6O/c1-10(11-4-6-14-9-15-11)18(2)8-13(20)16-12-5-7-19(3)17-12/h4-7,9-10H,8H2,1-3H3,(H,16,17,20)/t10-/m1/s1. The number of rotatable bonds is 5. The van der Waals surface area contributed by atoms with Gasteiger partial charge in [0.1, 0.15) is 6.33 Å². The molecule has 0 spiro atoms. The molecule has 0 saturated carbocycles. The number of hydrogen-bond acceptors (Lipinski definition) is 5. The monoisotopic (exact) mass is 274 g/mol. The van der Waals surface area contributed by atoms with Crippen LogP contribution in [0.15, 0.2) is 30.9 Å². The quantitative estimate of drug-likeness (QED) is 0.874. The van der Waals surface area contributed by atoms with Crippen molar-refractivity contribution in [2.75, 3.05) is 18.9 Å². The molecule has 20 heavy (non-hydrogen) atoms. The molecule has 7 heteroatoms. The van der Waals surface area contributed by atoms with Gasteiger partial charge in [0, 0.05) is 31.5 Å². The largest absolute Gasteiger partial charge is 0.308 e. The van der Waals surface area contributed by atoms with Gasteiger partial charge in [0.2, 0.25) is 5.91 Å². The maximum atomic E-state index is 11.9. The number of aromatic nitrogens is 4. The molecule has 0 aliphatic rings. The molecule has 1 amide bonds. The molecule has 2 rings (SSSR count). The van der Waals surface area contributed by atoms with E-state index in [4.69, 9.17) is 0 Å². The van der Waals surface area contributed by atoms with E-state index in [2.05, 4.69) is 20.4 Å². The van der Waals surface area contributed by atoms with Crippen LogP contribution in [0.5, 0.6) is 0 Å². The fourth-order valence-corrected chi connectivity index (χ4v) is 1.80. The van der Waals surface area contributed by atoms with Crippen molar-refractivity contribution in [3.8, 4) is 0 Å². The van der Waals surface area contributed by atoms with Gasteiger partial charge in [0.05, 0.1) is 12.2 Å². The summed E-state index contributed by atoms with van der Waals surface area (Å²) < 4.78 is 1.64. The van der Waals surface area contributed by atoms with Gasteiger partial charge in [-0.2, -0.15) is 5.10 Å². The lowest BCUT2D eigenvalue weighted by Crippen LogP contribution is -2.32. The summed E-state index contributed by atoms with van der Waals surface area (Å²) in [6.45, 7) is 2.26. The Hall–Kier alpha value is -2.28. The predicted octanol–water partition coefficient (Wildman–Crippen LogP) is 0.842. The molecule has 0 radical (unpaired) electrons. The summed E-state index contributed by atoms with van der Waals surface area (Å²) in [7, 11) is 3.68. The predicted molar refractivity (Wildman–Crippen MR) is 74.9 cm³/mol. The van der Waals surface area contributed by atoms with E-state index in [0.717, 1.165) is 5.69 Å². The highest BCUT2D eigenvalue weighted by Gasteiger charge is 2.16. The summed E-state index contributed by atoms with van der Waals surface area (Å²) in [5.41, 5.74) is 0.883. The molecule has 0 aromatic carbocycles. The number of carbonyl (C=O) groups excluding carboxylic acids is 1.